The monoisotopic (exact) mass is 275 g/mol. The summed E-state index contributed by atoms with van der Waals surface area (Å²) in [6, 6.07) is 3.33. The molecular weight excluding hydrogens is 258 g/mol. The van der Waals surface area contributed by atoms with Crippen LogP contribution < -0.4 is 9.47 Å². The van der Waals surface area contributed by atoms with Gasteiger partial charge in [0, 0.05) is 18.1 Å². The zero-order valence-corrected chi connectivity index (χ0v) is 11.2. The summed E-state index contributed by atoms with van der Waals surface area (Å²) in [6.45, 7) is 1.16. The molecule has 3 rings (SSSR count). The largest absolute Gasteiger partial charge is 0.507 e. The van der Waals surface area contributed by atoms with E-state index in [1.165, 1.54) is 0 Å². The van der Waals surface area contributed by atoms with E-state index in [-0.39, 0.29) is 5.75 Å². The van der Waals surface area contributed by atoms with Crippen molar-refractivity contribution < 1.29 is 19.4 Å². The number of hydrogen-bond acceptors (Lipinski definition) is 5. The average molecular weight is 275 g/mol. The molecule has 0 atom stereocenters. The molecule has 1 saturated carbocycles. The smallest absolute Gasteiger partial charge is 0.235 e. The Morgan fingerprint density at radius 2 is 1.75 bits per heavy atom. The van der Waals surface area contributed by atoms with Crippen molar-refractivity contribution in [2.45, 2.75) is 37.6 Å². The van der Waals surface area contributed by atoms with E-state index in [1.54, 1.807) is 18.2 Å². The van der Waals surface area contributed by atoms with Gasteiger partial charge in [-0.05, 0) is 18.9 Å². The molecule has 0 spiro atoms. The summed E-state index contributed by atoms with van der Waals surface area (Å²) in [4.78, 5) is 14.8. The first-order chi connectivity index (χ1) is 9.75. The van der Waals surface area contributed by atoms with E-state index in [4.69, 9.17) is 9.47 Å². The van der Waals surface area contributed by atoms with Crippen molar-refractivity contribution in [2.75, 3.05) is 13.2 Å². The normalized spacial score (nSPS) is 20.0. The summed E-state index contributed by atoms with van der Waals surface area (Å²) in [5.74, 6) is 1.27. The third-order valence-electron chi connectivity index (χ3n) is 4.06. The van der Waals surface area contributed by atoms with Gasteiger partial charge in [-0.25, -0.2) is 4.79 Å². The molecule has 1 aliphatic carbocycles. The summed E-state index contributed by atoms with van der Waals surface area (Å²) < 4.78 is 11.2. The third kappa shape index (κ3) is 2.14. The quantitative estimate of drug-likeness (QED) is 0.665. The fraction of sp³-hybridized carbons (Fsp3) is 0.533. The van der Waals surface area contributed by atoms with Gasteiger partial charge in [0.05, 0.1) is 13.2 Å². The second-order valence-electron chi connectivity index (χ2n) is 5.31. The van der Waals surface area contributed by atoms with Gasteiger partial charge in [0.2, 0.25) is 6.08 Å². The van der Waals surface area contributed by atoms with Crippen LogP contribution >= 0.6 is 0 Å². The third-order valence-corrected chi connectivity index (χ3v) is 4.06. The number of phenols is 1. The van der Waals surface area contributed by atoms with Crippen molar-refractivity contribution in [3.8, 4) is 17.2 Å². The molecule has 1 aliphatic heterocycles. The summed E-state index contributed by atoms with van der Waals surface area (Å²) in [5, 5.41) is 10.3. The van der Waals surface area contributed by atoms with Gasteiger partial charge in [-0.1, -0.05) is 12.8 Å². The number of benzene rings is 1. The second kappa shape index (κ2) is 5.17. The van der Waals surface area contributed by atoms with Crippen LogP contribution in [0.4, 0.5) is 0 Å². The number of rotatable bonds is 2. The Morgan fingerprint density at radius 1 is 1.10 bits per heavy atom. The summed E-state index contributed by atoms with van der Waals surface area (Å²) >= 11 is 0. The summed E-state index contributed by atoms with van der Waals surface area (Å²) in [7, 11) is 0. The van der Waals surface area contributed by atoms with Crippen LogP contribution in [0.3, 0.4) is 0 Å². The first-order valence-corrected chi connectivity index (χ1v) is 6.97. The fourth-order valence-corrected chi connectivity index (χ4v) is 3.06. The number of carbonyl (C=O) groups excluding carboxylic acids is 1. The molecule has 1 N–H and O–H groups in total. The number of isocyanates is 1. The van der Waals surface area contributed by atoms with Crippen molar-refractivity contribution >= 4 is 6.08 Å². The number of nitrogens with zero attached hydrogens (tertiary/aromatic N) is 1. The van der Waals surface area contributed by atoms with Crippen LogP contribution in [-0.4, -0.2) is 24.4 Å². The van der Waals surface area contributed by atoms with Crippen molar-refractivity contribution in [2.24, 2.45) is 4.99 Å². The molecule has 5 heteroatoms. The topological polar surface area (TPSA) is 68.1 Å². The molecule has 1 heterocycles. The molecule has 0 saturated heterocycles. The van der Waals surface area contributed by atoms with Crippen LogP contribution in [0, 0.1) is 0 Å². The molecule has 0 amide bonds. The maximum Gasteiger partial charge on any atom is 0.235 e. The van der Waals surface area contributed by atoms with Gasteiger partial charge in [0.1, 0.15) is 11.3 Å². The van der Waals surface area contributed by atoms with Crippen molar-refractivity contribution in [3.63, 3.8) is 0 Å². The van der Waals surface area contributed by atoms with E-state index in [0.717, 1.165) is 32.1 Å². The van der Waals surface area contributed by atoms with Gasteiger partial charge in [-0.3, -0.25) is 0 Å². The van der Waals surface area contributed by atoms with Crippen molar-refractivity contribution in [1.82, 2.24) is 0 Å². The van der Waals surface area contributed by atoms with Gasteiger partial charge in [0.15, 0.2) is 11.5 Å². The highest BCUT2D eigenvalue weighted by Gasteiger charge is 2.38. The maximum atomic E-state index is 10.8. The van der Waals surface area contributed by atoms with Gasteiger partial charge in [-0.2, -0.15) is 4.99 Å². The van der Waals surface area contributed by atoms with E-state index >= 15 is 0 Å². The molecule has 0 bridgehead atoms. The zero-order chi connectivity index (χ0) is 14.0. The lowest BCUT2D eigenvalue weighted by Crippen LogP contribution is -2.19. The predicted molar refractivity (Wildman–Crippen MR) is 72.0 cm³/mol. The van der Waals surface area contributed by atoms with E-state index in [0.29, 0.717) is 30.3 Å². The number of fused-ring (bicyclic) bond motifs is 1. The SMILES string of the molecule is O=C=NC1(c2cc3c(cc2O)OCCCO3)CCCC1. The first-order valence-electron chi connectivity index (χ1n) is 6.97. The van der Waals surface area contributed by atoms with Crippen molar-refractivity contribution in [1.29, 1.82) is 0 Å². The standard InChI is InChI=1S/C15H17NO4/c17-10-16-15(4-1-2-5-15)11-8-13-14(9-12(11)18)20-7-3-6-19-13/h8-9,18H,1-7H2. The Bertz CT molecular complexity index is 557. The van der Waals surface area contributed by atoms with Gasteiger partial charge in [-0.15, -0.1) is 0 Å². The average Bonchev–Trinajstić information content (AvgIpc) is 2.78. The van der Waals surface area contributed by atoms with Crippen LogP contribution in [0.2, 0.25) is 0 Å². The Morgan fingerprint density at radius 3 is 2.40 bits per heavy atom. The zero-order valence-electron chi connectivity index (χ0n) is 11.2. The molecular formula is C15H17NO4. The van der Waals surface area contributed by atoms with E-state index in [9.17, 15) is 9.90 Å². The van der Waals surface area contributed by atoms with E-state index < -0.39 is 5.54 Å². The highest BCUT2D eigenvalue weighted by Crippen LogP contribution is 2.48. The molecule has 0 radical (unpaired) electrons. The lowest BCUT2D eigenvalue weighted by molar-refractivity contribution is 0.296. The van der Waals surface area contributed by atoms with Crippen molar-refractivity contribution in [3.05, 3.63) is 17.7 Å². The van der Waals surface area contributed by atoms with Crippen LogP contribution in [0.25, 0.3) is 0 Å². The lowest BCUT2D eigenvalue weighted by Gasteiger charge is -2.24. The Kier molecular flexibility index (Phi) is 3.36. The van der Waals surface area contributed by atoms with E-state index in [1.807, 2.05) is 0 Å². The van der Waals surface area contributed by atoms with Crippen LogP contribution in [0.15, 0.2) is 17.1 Å². The molecule has 5 nitrogen and oxygen atoms in total. The molecule has 20 heavy (non-hydrogen) atoms. The lowest BCUT2D eigenvalue weighted by atomic mass is 9.88. The minimum absolute atomic E-state index is 0.107. The Labute approximate surface area is 117 Å². The highest BCUT2D eigenvalue weighted by molar-refractivity contribution is 5.54. The number of hydrogen-bond donors (Lipinski definition) is 1. The van der Waals surface area contributed by atoms with Gasteiger partial charge >= 0.3 is 0 Å². The summed E-state index contributed by atoms with van der Waals surface area (Å²) in [6.07, 6.45) is 5.93. The molecule has 1 aromatic carbocycles. The number of ether oxygens (including phenoxy) is 2. The van der Waals surface area contributed by atoms with E-state index in [2.05, 4.69) is 4.99 Å². The Hall–Kier alpha value is -2.00. The number of aromatic hydroxyl groups is 1. The summed E-state index contributed by atoms with van der Waals surface area (Å²) in [5.41, 5.74) is -0.0149. The number of aliphatic imine (C=N–C) groups is 1. The maximum absolute atomic E-state index is 10.8. The minimum Gasteiger partial charge on any atom is -0.507 e. The molecule has 1 aromatic rings. The predicted octanol–water partition coefficient (Wildman–Crippen LogP) is 2.66. The minimum atomic E-state index is -0.656. The highest BCUT2D eigenvalue weighted by atomic mass is 16.5. The molecule has 0 aromatic heterocycles. The second-order valence-corrected chi connectivity index (χ2v) is 5.31. The first kappa shape index (κ1) is 13.0. The molecule has 1 fully saturated rings. The van der Waals surface area contributed by atoms with Crippen LogP contribution in [-0.2, 0) is 10.3 Å². The van der Waals surface area contributed by atoms with Crippen LogP contribution in [0.1, 0.15) is 37.7 Å². The molecule has 106 valence electrons. The molecule has 0 unspecified atom stereocenters. The fourth-order valence-electron chi connectivity index (χ4n) is 3.06. The number of phenolic OH excluding ortho intramolecular Hbond substituents is 1. The van der Waals surface area contributed by atoms with Gasteiger partial charge in [0.25, 0.3) is 0 Å². The Balaban J connectivity index is 2.09. The van der Waals surface area contributed by atoms with Gasteiger partial charge < -0.3 is 14.6 Å². The van der Waals surface area contributed by atoms with Crippen LogP contribution in [0.5, 0.6) is 17.2 Å². The molecule has 2 aliphatic rings.